The van der Waals surface area contributed by atoms with Gasteiger partial charge in [0.25, 0.3) is 0 Å². The Kier molecular flexibility index (Phi) is 9.52. The lowest BCUT2D eigenvalue weighted by molar-refractivity contribution is 1.28. The van der Waals surface area contributed by atoms with E-state index in [9.17, 15) is 21.0 Å². The molecule has 0 amide bonds. The van der Waals surface area contributed by atoms with Crippen molar-refractivity contribution in [2.45, 2.75) is 0 Å². The first kappa shape index (κ1) is 34.7. The molecule has 0 aliphatic heterocycles. The minimum atomic E-state index is -0.280. The largest absolute Gasteiger partial charge is 0.311 e. The van der Waals surface area contributed by atoms with E-state index in [2.05, 4.69) is 55.8 Å². The van der Waals surface area contributed by atoms with Gasteiger partial charge in [0.15, 0.2) is 0 Å². The van der Waals surface area contributed by atoms with Crippen LogP contribution in [0.3, 0.4) is 0 Å². The van der Waals surface area contributed by atoms with E-state index in [1.165, 1.54) is 0 Å². The number of hydrogen-bond acceptors (Lipinski definition) is 8. The zero-order valence-electron chi connectivity index (χ0n) is 29.5. The average Bonchev–Trinajstić information content (AvgIpc) is 3.76. The van der Waals surface area contributed by atoms with E-state index >= 15 is 0 Å². The molecule has 8 aromatic rings. The number of hydrogen-bond donors (Lipinski definition) is 0. The Morgan fingerprint density at radius 1 is 0.482 bits per heavy atom. The maximum atomic E-state index is 10.3. The van der Waals surface area contributed by atoms with Gasteiger partial charge in [-0.25, -0.2) is 0 Å². The average molecular weight is 732 g/mol. The highest BCUT2D eigenvalue weighted by Crippen LogP contribution is 2.41. The molecule has 0 saturated heterocycles. The van der Waals surface area contributed by atoms with Crippen LogP contribution >= 0.6 is 11.7 Å². The van der Waals surface area contributed by atoms with Gasteiger partial charge in [-0.2, -0.15) is 29.8 Å². The van der Waals surface area contributed by atoms with Crippen LogP contribution in [0.2, 0.25) is 0 Å². The second kappa shape index (κ2) is 15.3. The summed E-state index contributed by atoms with van der Waals surface area (Å²) in [5.41, 5.74) is 5.60. The number of aromatic nitrogens is 2. The minimum absolute atomic E-state index is 0.112. The first-order valence-electron chi connectivity index (χ1n) is 17.4. The van der Waals surface area contributed by atoms with E-state index in [1.54, 1.807) is 24.3 Å². The van der Waals surface area contributed by atoms with Gasteiger partial charge in [0.2, 0.25) is 0 Å². The van der Waals surface area contributed by atoms with E-state index in [0.717, 1.165) is 55.9 Å². The second-order valence-corrected chi connectivity index (χ2v) is 13.1. The fraction of sp³-hybridized carbons (Fsp3) is 0. The van der Waals surface area contributed by atoms with Gasteiger partial charge in [-0.15, -0.1) is 0 Å². The molecule has 0 fully saturated rings. The lowest BCUT2D eigenvalue weighted by Crippen LogP contribution is -2.09. The second-order valence-electron chi connectivity index (χ2n) is 12.6. The van der Waals surface area contributed by atoms with Gasteiger partial charge in [-0.05, 0) is 75.6 Å². The Labute approximate surface area is 327 Å². The summed E-state index contributed by atoms with van der Waals surface area (Å²) in [6.07, 6.45) is 0. The van der Waals surface area contributed by atoms with Crippen molar-refractivity contribution in [3.8, 4) is 36.1 Å². The van der Waals surface area contributed by atoms with Crippen LogP contribution in [-0.2, 0) is 0 Å². The molecule has 8 heteroatoms. The van der Waals surface area contributed by atoms with Crippen LogP contribution in [-0.4, -0.2) is 8.75 Å². The van der Waals surface area contributed by atoms with Crippen LogP contribution < -0.4 is 4.90 Å². The summed E-state index contributed by atoms with van der Waals surface area (Å²) in [4.78, 5) is 2.08. The van der Waals surface area contributed by atoms with Crippen LogP contribution in [0.1, 0.15) is 22.3 Å². The molecule has 1 heterocycles. The molecular weight excluding hydrogens is 707 g/mol. The predicted molar refractivity (Wildman–Crippen MR) is 222 cm³/mol. The van der Waals surface area contributed by atoms with Crippen molar-refractivity contribution in [1.29, 1.82) is 21.0 Å². The number of benzene rings is 7. The van der Waals surface area contributed by atoms with Gasteiger partial charge in [0, 0.05) is 39.3 Å². The summed E-state index contributed by atoms with van der Waals surface area (Å²) >= 11 is 0.973. The van der Waals surface area contributed by atoms with Gasteiger partial charge < -0.3 is 4.90 Å². The standard InChI is InChI=1S/C48H25N7S/c49-28-36(29-50)45(32-19-23-40(24-20-32)55(38-13-3-1-4-14-38)39-15-5-2-6-16-39)46(37(30-51)31-52)44-26-22-33(47-48(44)54-56-53-47)21-25-43-41-17-9-7-11-34(41)27-35-12-8-10-18-42(35)43/h1-20,22-24,26-27H. The molecule has 0 aliphatic rings. The molecule has 56 heavy (non-hydrogen) atoms. The molecular formula is C48H25N7S. The Balaban J connectivity index is 1.28. The maximum absolute atomic E-state index is 10.3. The van der Waals surface area contributed by atoms with Crippen LogP contribution in [0.15, 0.2) is 163 Å². The highest BCUT2D eigenvalue weighted by atomic mass is 32.1. The highest BCUT2D eigenvalue weighted by Gasteiger charge is 2.25. The molecule has 0 unspecified atom stereocenters. The van der Waals surface area contributed by atoms with Gasteiger partial charge in [0.05, 0.1) is 17.3 Å². The summed E-state index contributed by atoms with van der Waals surface area (Å²) in [5, 5.41) is 45.5. The summed E-state index contributed by atoms with van der Waals surface area (Å²) < 4.78 is 9.22. The van der Waals surface area contributed by atoms with Crippen molar-refractivity contribution in [2.24, 2.45) is 0 Å². The Bertz CT molecular complexity index is 3000. The zero-order chi connectivity index (χ0) is 38.4. The molecule has 8 rings (SSSR count). The lowest BCUT2D eigenvalue weighted by Gasteiger charge is -2.25. The summed E-state index contributed by atoms with van der Waals surface area (Å²) in [6, 6.07) is 57.1. The van der Waals surface area contributed by atoms with Crippen LogP contribution in [0, 0.1) is 57.2 Å². The molecule has 1 aromatic heterocycles. The van der Waals surface area contributed by atoms with Crippen LogP contribution in [0.5, 0.6) is 0 Å². The number of anilines is 3. The van der Waals surface area contributed by atoms with Crippen molar-refractivity contribution in [2.75, 3.05) is 4.90 Å². The summed E-state index contributed by atoms with van der Waals surface area (Å²) in [6.45, 7) is 0. The topological polar surface area (TPSA) is 124 Å². The Morgan fingerprint density at radius 2 is 0.982 bits per heavy atom. The minimum Gasteiger partial charge on any atom is -0.311 e. The summed E-state index contributed by atoms with van der Waals surface area (Å²) in [5.74, 6) is 6.75. The number of para-hydroxylation sites is 2. The molecule has 0 spiro atoms. The number of fused-ring (bicyclic) bond motifs is 3. The van der Waals surface area contributed by atoms with E-state index in [4.69, 9.17) is 0 Å². The van der Waals surface area contributed by atoms with Gasteiger partial charge in [-0.1, -0.05) is 115 Å². The first-order chi connectivity index (χ1) is 27.6. The van der Waals surface area contributed by atoms with Crippen LogP contribution in [0.4, 0.5) is 17.1 Å². The van der Waals surface area contributed by atoms with Crippen LogP contribution in [0.25, 0.3) is 43.7 Å². The Hall–Kier alpha value is -8.32. The number of nitrogens with zero attached hydrogens (tertiary/aromatic N) is 7. The maximum Gasteiger partial charge on any atom is 0.138 e. The van der Waals surface area contributed by atoms with Gasteiger partial charge in [0.1, 0.15) is 46.5 Å². The predicted octanol–water partition coefficient (Wildman–Crippen LogP) is 11.2. The Morgan fingerprint density at radius 3 is 1.55 bits per heavy atom. The first-order valence-corrected chi connectivity index (χ1v) is 18.1. The van der Waals surface area contributed by atoms with Gasteiger partial charge in [-0.3, -0.25) is 0 Å². The van der Waals surface area contributed by atoms with E-state index in [1.807, 2.05) is 121 Å². The van der Waals surface area contributed by atoms with Crippen molar-refractivity contribution >= 4 is 72.5 Å². The molecule has 0 radical (unpaired) electrons. The molecule has 0 saturated carbocycles. The van der Waals surface area contributed by atoms with E-state index in [0.29, 0.717) is 27.7 Å². The summed E-state index contributed by atoms with van der Waals surface area (Å²) in [7, 11) is 0. The molecule has 258 valence electrons. The smallest absolute Gasteiger partial charge is 0.138 e. The third-order valence-corrected chi connectivity index (χ3v) is 9.95. The number of rotatable bonds is 6. The van der Waals surface area contributed by atoms with Crippen molar-refractivity contribution in [1.82, 2.24) is 8.75 Å². The molecule has 0 N–H and O–H groups in total. The monoisotopic (exact) mass is 731 g/mol. The molecule has 0 aliphatic carbocycles. The van der Waals surface area contributed by atoms with E-state index < -0.39 is 0 Å². The quantitative estimate of drug-likeness (QED) is 0.0721. The van der Waals surface area contributed by atoms with Crippen molar-refractivity contribution in [3.63, 3.8) is 0 Å². The van der Waals surface area contributed by atoms with Gasteiger partial charge >= 0.3 is 0 Å². The molecule has 0 atom stereocenters. The fourth-order valence-corrected chi connectivity index (χ4v) is 7.48. The number of nitriles is 4. The third-order valence-electron chi connectivity index (χ3n) is 9.42. The fourth-order valence-electron chi connectivity index (χ4n) is 6.91. The van der Waals surface area contributed by atoms with Crippen molar-refractivity contribution < 1.29 is 0 Å². The normalized spacial score (nSPS) is 10.3. The van der Waals surface area contributed by atoms with Crippen molar-refractivity contribution in [3.05, 3.63) is 185 Å². The highest BCUT2D eigenvalue weighted by molar-refractivity contribution is 7.00. The van der Waals surface area contributed by atoms with E-state index in [-0.39, 0.29) is 22.3 Å². The lowest BCUT2D eigenvalue weighted by atomic mass is 9.85. The zero-order valence-corrected chi connectivity index (χ0v) is 30.3. The molecule has 7 nitrogen and oxygen atoms in total. The molecule has 7 aromatic carbocycles. The number of allylic oxidation sites excluding steroid dienone is 4. The molecule has 0 bridgehead atoms. The SMILES string of the molecule is N#CC(C#N)=C(C(=C(C#N)C#N)c1ccc(C#Cc2c3ccccc3cc3ccccc23)c2nsnc12)c1ccc(N(c2ccccc2)c2ccccc2)cc1. The third kappa shape index (κ3) is 6.37.